The van der Waals surface area contributed by atoms with Gasteiger partial charge in [-0.1, -0.05) is 90.1 Å². The number of esters is 6. The predicted octanol–water partition coefficient (Wildman–Crippen LogP) is 4.65. The van der Waals surface area contributed by atoms with Gasteiger partial charge in [0.05, 0.1) is 49.9 Å². The fourth-order valence-corrected chi connectivity index (χ4v) is 12.2. The van der Waals surface area contributed by atoms with E-state index < -0.39 is 169 Å². The van der Waals surface area contributed by atoms with Gasteiger partial charge in [0.1, 0.15) is 48.7 Å². The number of carboxylic acids is 1. The highest BCUT2D eigenvalue weighted by molar-refractivity contribution is 5.96. The Morgan fingerprint density at radius 3 is 1.97 bits per heavy atom. The van der Waals surface area contributed by atoms with E-state index >= 15 is 9.59 Å². The lowest BCUT2D eigenvalue weighted by Gasteiger charge is -2.67. The summed E-state index contributed by atoms with van der Waals surface area (Å²) < 4.78 is 59.4. The molecule has 24 nitrogen and oxygen atoms in total. The van der Waals surface area contributed by atoms with E-state index in [1.807, 2.05) is 0 Å². The van der Waals surface area contributed by atoms with Gasteiger partial charge in [0, 0.05) is 58.5 Å². The summed E-state index contributed by atoms with van der Waals surface area (Å²) >= 11 is 0. The molecule has 4 aliphatic rings. The molecule has 2 aromatic carbocycles. The predicted molar refractivity (Wildman–Crippen MR) is 301 cm³/mol. The number of benzene rings is 2. The minimum Gasteiger partial charge on any atom is -0.481 e. The molecule has 1 aliphatic heterocycles. The number of rotatable bonds is 28. The summed E-state index contributed by atoms with van der Waals surface area (Å²) in [5.41, 5.74) is -8.46. The van der Waals surface area contributed by atoms with Crippen LogP contribution in [0.15, 0.2) is 71.8 Å². The summed E-state index contributed by atoms with van der Waals surface area (Å²) in [7, 11) is 1.50. The molecule has 2 amide bonds. The Labute approximate surface area is 499 Å². The van der Waals surface area contributed by atoms with Crippen LogP contribution < -0.4 is 10.6 Å². The Balaban J connectivity index is 1.53. The number of carboxylic acid groups (broad SMARTS) is 1. The highest BCUT2D eigenvalue weighted by atomic mass is 16.6. The molecular weight excluding hydrogens is 1120 g/mol. The van der Waals surface area contributed by atoms with Gasteiger partial charge in [-0.25, -0.2) is 9.59 Å². The zero-order valence-corrected chi connectivity index (χ0v) is 50.7. The van der Waals surface area contributed by atoms with E-state index in [9.17, 15) is 48.6 Å². The van der Waals surface area contributed by atoms with Crippen molar-refractivity contribution in [2.45, 2.75) is 168 Å². The van der Waals surface area contributed by atoms with Crippen molar-refractivity contribution in [3.05, 3.63) is 82.9 Å². The molecule has 0 unspecified atom stereocenters. The van der Waals surface area contributed by atoms with Gasteiger partial charge >= 0.3 is 41.8 Å². The van der Waals surface area contributed by atoms with Crippen LogP contribution in [0.3, 0.4) is 0 Å². The number of hydrogen-bond acceptors (Lipinski definition) is 21. The van der Waals surface area contributed by atoms with Crippen molar-refractivity contribution in [2.75, 3.05) is 46.8 Å². The van der Waals surface area contributed by atoms with Crippen LogP contribution in [0, 0.1) is 28.6 Å². The summed E-state index contributed by atoms with van der Waals surface area (Å²) in [4.78, 5) is 141. The van der Waals surface area contributed by atoms with E-state index in [2.05, 4.69) is 10.6 Å². The number of ether oxygens (including phenoxy) is 10. The van der Waals surface area contributed by atoms with Gasteiger partial charge in [-0.05, 0) is 60.9 Å². The Bertz CT molecular complexity index is 2840. The SMILES string of the molecule is COCCOCCOCC(=O)N[C@H](CCC(=O)O)C(=O)N[C@@H](c1ccccc1)[C@@H](OC(=O)CC(C)C)C(=O)O[C@H]1C[C@@]2(O)[C@@H](OC(=O)c3ccccc3)[C@@H]3[C@]4(OC(C)=O)CO[C@@H]4C[C@H](OC(=O)CC(C)C)[C@@]3(C)C(=O)[C@H](OC(C)=O)C(=C1C)C2(C)C. The summed E-state index contributed by atoms with van der Waals surface area (Å²) in [6, 6.07) is 12.2. The van der Waals surface area contributed by atoms with Gasteiger partial charge in [-0.15, -0.1) is 0 Å². The van der Waals surface area contributed by atoms with Crippen molar-refractivity contribution in [3.63, 3.8) is 0 Å². The minimum absolute atomic E-state index is 0.0103. The topological polar surface area (TPSA) is 328 Å². The number of aliphatic carboxylic acids is 1. The first-order chi connectivity index (χ1) is 40.5. The smallest absolute Gasteiger partial charge is 0.350 e. The van der Waals surface area contributed by atoms with Crippen LogP contribution in [0.25, 0.3) is 0 Å². The second kappa shape index (κ2) is 29.0. The Hall–Kier alpha value is -7.12. The molecule has 0 spiro atoms. The van der Waals surface area contributed by atoms with Crippen LogP contribution in [0.5, 0.6) is 0 Å². The highest BCUT2D eigenvalue weighted by Gasteiger charge is 2.79. The maximum absolute atomic E-state index is 16.4. The first kappa shape index (κ1) is 68.0. The lowest BCUT2D eigenvalue weighted by molar-refractivity contribution is -0.346. The van der Waals surface area contributed by atoms with E-state index in [-0.39, 0.29) is 73.2 Å². The number of hydrogen-bond donors (Lipinski definition) is 4. The monoisotopic (exact) mass is 1210 g/mol. The van der Waals surface area contributed by atoms with Gasteiger partial charge < -0.3 is 68.2 Å². The maximum Gasteiger partial charge on any atom is 0.350 e. The number of amides is 2. The molecular formula is C62H82N2O22. The van der Waals surface area contributed by atoms with Crippen LogP contribution >= 0.6 is 0 Å². The van der Waals surface area contributed by atoms with Crippen molar-refractivity contribution in [3.8, 4) is 0 Å². The second-order valence-electron chi connectivity index (χ2n) is 23.9. The van der Waals surface area contributed by atoms with Crippen LogP contribution in [0.2, 0.25) is 0 Å². The van der Waals surface area contributed by atoms with Gasteiger partial charge in [0.25, 0.3) is 0 Å². The maximum atomic E-state index is 16.4. The lowest BCUT2D eigenvalue weighted by atomic mass is 9.44. The number of carbonyl (C=O) groups is 10. The third kappa shape index (κ3) is 15.3. The van der Waals surface area contributed by atoms with Crippen LogP contribution in [-0.4, -0.2) is 170 Å². The molecule has 24 heteroatoms. The molecule has 2 bridgehead atoms. The summed E-state index contributed by atoms with van der Waals surface area (Å²) in [5, 5.41) is 29.2. The van der Waals surface area contributed by atoms with E-state index in [0.717, 1.165) is 13.8 Å². The van der Waals surface area contributed by atoms with E-state index in [0.29, 0.717) is 6.61 Å². The third-order valence-electron chi connectivity index (χ3n) is 16.4. The molecule has 2 aromatic rings. The standard InChI is InChI=1S/C62H82N2O22/c1-34(2)28-47(70)83-43-30-44-61(33-80-44,86-38(7)66)53-55(85-57(74)40-20-16-13-17-21-40)62(76)31-42(36(5)49(59(62,8)9)51(81-37(6)65)54(72)60(43,53)10)82-58(75)52(84-48(71)29-35(3)4)50(39-18-14-12-15-19-39)64-56(73)41(22-23-46(68)69)63-45(67)32-79-27-26-78-25-24-77-11/h12-21,34-35,41-44,50-53,55,76H,22-33H2,1-11H3,(H,63,67)(H,64,73)(H,68,69)/t41-,42+,43+,44-,50+,51-,52-,53+,55+,60-,61+,62-/m1/s1. The molecule has 3 fully saturated rings. The number of ketones is 1. The zero-order chi connectivity index (χ0) is 63.5. The molecule has 86 heavy (non-hydrogen) atoms. The van der Waals surface area contributed by atoms with E-state index in [1.54, 1.807) is 64.1 Å². The number of methoxy groups -OCH3 is 1. The minimum atomic E-state index is -2.59. The fourth-order valence-electron chi connectivity index (χ4n) is 12.2. The van der Waals surface area contributed by atoms with Crippen molar-refractivity contribution in [2.24, 2.45) is 28.6 Å². The molecule has 6 rings (SSSR count). The molecule has 12 atom stereocenters. The number of aliphatic hydroxyl groups is 1. The highest BCUT2D eigenvalue weighted by Crippen LogP contribution is 2.65. The Morgan fingerprint density at radius 2 is 1.38 bits per heavy atom. The summed E-state index contributed by atoms with van der Waals surface area (Å²) in [5.74, 6) is -12.2. The number of fused-ring (bicyclic) bond motifs is 5. The quantitative estimate of drug-likeness (QED) is 0.0390. The fraction of sp³-hybridized carbons (Fsp3) is 0.613. The van der Waals surface area contributed by atoms with E-state index in [4.69, 9.17) is 47.4 Å². The third-order valence-corrected chi connectivity index (χ3v) is 16.4. The van der Waals surface area contributed by atoms with Gasteiger partial charge in [-0.3, -0.25) is 38.4 Å². The van der Waals surface area contributed by atoms with Crippen LogP contribution in [0.1, 0.15) is 130 Å². The lowest BCUT2D eigenvalue weighted by Crippen LogP contribution is -2.82. The van der Waals surface area contributed by atoms with Crippen molar-refractivity contribution >= 4 is 59.4 Å². The average molecular weight is 1210 g/mol. The van der Waals surface area contributed by atoms with Gasteiger partial charge in [0.15, 0.2) is 17.5 Å². The number of carbonyl (C=O) groups excluding carboxylic acids is 9. The van der Waals surface area contributed by atoms with E-state index in [1.165, 1.54) is 59.1 Å². The van der Waals surface area contributed by atoms with Gasteiger partial charge in [0.2, 0.25) is 17.9 Å². The molecule has 2 saturated carbocycles. The molecule has 472 valence electrons. The second-order valence-corrected chi connectivity index (χ2v) is 23.9. The number of Topliss-reactive ketones (excluding diaryl/α,β-unsaturated/α-hetero) is 1. The van der Waals surface area contributed by atoms with Crippen molar-refractivity contribution < 1.29 is 106 Å². The van der Waals surface area contributed by atoms with Crippen LogP contribution in [0.4, 0.5) is 0 Å². The number of nitrogens with one attached hydrogen (secondary N) is 2. The molecule has 1 saturated heterocycles. The first-order valence-electron chi connectivity index (χ1n) is 28.8. The van der Waals surface area contributed by atoms with Crippen LogP contribution in [-0.2, 0) is 90.5 Å². The Kier molecular flexibility index (Phi) is 23.0. The largest absolute Gasteiger partial charge is 0.481 e. The van der Waals surface area contributed by atoms with Crippen molar-refractivity contribution in [1.29, 1.82) is 0 Å². The molecule has 0 aromatic heterocycles. The summed E-state index contributed by atoms with van der Waals surface area (Å²) in [6.45, 7) is 14.8. The zero-order valence-electron chi connectivity index (χ0n) is 50.7. The normalized spacial score (nSPS) is 26.6. The average Bonchev–Trinajstić information content (AvgIpc) is 0.697. The molecule has 1 heterocycles. The molecule has 0 radical (unpaired) electrons. The first-order valence-corrected chi connectivity index (χ1v) is 28.8. The molecule has 4 N–H and O–H groups in total. The molecule has 3 aliphatic carbocycles. The van der Waals surface area contributed by atoms with Crippen molar-refractivity contribution in [1.82, 2.24) is 10.6 Å². The van der Waals surface area contributed by atoms with Gasteiger partial charge in [-0.2, -0.15) is 0 Å². The summed E-state index contributed by atoms with van der Waals surface area (Å²) in [6.07, 6.45) is -12.8. The Morgan fingerprint density at radius 1 is 0.767 bits per heavy atom.